The first-order chi connectivity index (χ1) is 14.6. The highest BCUT2D eigenvalue weighted by molar-refractivity contribution is 9.10. The van der Waals surface area contributed by atoms with Crippen LogP contribution >= 0.6 is 27.7 Å². The number of aromatic nitrogens is 3. The first kappa shape index (κ1) is 21.2. The van der Waals surface area contributed by atoms with Crippen LogP contribution in [0.4, 0.5) is 0 Å². The first-order valence-corrected chi connectivity index (χ1v) is 12.0. The van der Waals surface area contributed by atoms with Crippen molar-refractivity contribution in [3.63, 3.8) is 0 Å². The van der Waals surface area contributed by atoms with Crippen molar-refractivity contribution < 1.29 is 9.21 Å². The lowest BCUT2D eigenvalue weighted by Crippen LogP contribution is -2.39. The second kappa shape index (κ2) is 9.83. The number of hydrogen-bond donors (Lipinski definition) is 0. The Bertz CT molecular complexity index is 982. The van der Waals surface area contributed by atoms with E-state index in [-0.39, 0.29) is 5.91 Å². The third kappa shape index (κ3) is 4.98. The highest BCUT2D eigenvalue weighted by Crippen LogP contribution is 2.29. The Hall–Kier alpha value is -2.06. The van der Waals surface area contributed by atoms with Gasteiger partial charge in [0.05, 0.1) is 12.3 Å². The Kier molecular flexibility index (Phi) is 6.94. The van der Waals surface area contributed by atoms with E-state index >= 15 is 0 Å². The van der Waals surface area contributed by atoms with E-state index in [2.05, 4.69) is 38.3 Å². The van der Waals surface area contributed by atoms with Crippen LogP contribution in [-0.4, -0.2) is 44.4 Å². The van der Waals surface area contributed by atoms with Gasteiger partial charge in [-0.05, 0) is 46.5 Å². The van der Waals surface area contributed by atoms with Gasteiger partial charge in [0.15, 0.2) is 15.6 Å². The largest absolute Gasteiger partial charge is 0.446 e. The van der Waals surface area contributed by atoms with E-state index in [1.807, 2.05) is 46.8 Å². The van der Waals surface area contributed by atoms with Crippen LogP contribution in [0.15, 0.2) is 56.7 Å². The number of halogens is 1. The number of thioether (sulfide) groups is 1. The van der Waals surface area contributed by atoms with Gasteiger partial charge in [-0.2, -0.15) is 0 Å². The maximum absolute atomic E-state index is 12.8. The van der Waals surface area contributed by atoms with Gasteiger partial charge in [0.2, 0.25) is 11.7 Å². The van der Waals surface area contributed by atoms with Gasteiger partial charge in [0.1, 0.15) is 0 Å². The molecule has 2 heterocycles. The molecule has 0 saturated heterocycles. The van der Waals surface area contributed by atoms with Crippen molar-refractivity contribution in [2.75, 3.05) is 12.8 Å². The normalized spacial score (nSPS) is 14.7. The first-order valence-electron chi connectivity index (χ1n) is 10.2. The van der Waals surface area contributed by atoms with Crippen molar-refractivity contribution >= 4 is 33.6 Å². The van der Waals surface area contributed by atoms with Crippen molar-refractivity contribution in [2.24, 2.45) is 0 Å². The van der Waals surface area contributed by atoms with E-state index in [9.17, 15) is 4.79 Å². The lowest BCUT2D eigenvalue weighted by molar-refractivity contribution is -0.129. The van der Waals surface area contributed by atoms with Crippen LogP contribution < -0.4 is 0 Å². The van der Waals surface area contributed by atoms with Gasteiger partial charge in [0.25, 0.3) is 0 Å². The molecule has 0 unspecified atom stereocenters. The van der Waals surface area contributed by atoms with Gasteiger partial charge in [-0.25, -0.2) is 0 Å². The molecule has 0 aliphatic heterocycles. The standard InChI is InChI=1S/C22H25BrN4O2S/c1-26(17-10-6-3-7-11-17)20(28)15-30-22-25-24-21(18-12-13-19(23)29-18)27(22)14-16-8-4-2-5-9-16/h2,4-5,8-9,12-13,17H,3,6-7,10-11,14-15H2,1H3. The van der Waals surface area contributed by atoms with Crippen molar-refractivity contribution in [1.29, 1.82) is 0 Å². The summed E-state index contributed by atoms with van der Waals surface area (Å²) in [6.45, 7) is 0.608. The Morgan fingerprint density at radius 1 is 1.17 bits per heavy atom. The zero-order valence-electron chi connectivity index (χ0n) is 17.0. The minimum absolute atomic E-state index is 0.142. The molecule has 1 aliphatic carbocycles. The molecule has 1 aromatic carbocycles. The molecule has 6 nitrogen and oxygen atoms in total. The van der Waals surface area contributed by atoms with Crippen LogP contribution in [0.25, 0.3) is 11.6 Å². The summed E-state index contributed by atoms with van der Waals surface area (Å²) in [5, 5.41) is 9.45. The number of carbonyl (C=O) groups excluding carboxylic acids is 1. The molecular weight excluding hydrogens is 464 g/mol. The average molecular weight is 489 g/mol. The molecule has 1 amide bonds. The molecule has 1 saturated carbocycles. The van der Waals surface area contributed by atoms with Gasteiger partial charge < -0.3 is 9.32 Å². The second-order valence-corrected chi connectivity index (χ2v) is 9.29. The molecule has 30 heavy (non-hydrogen) atoms. The van der Waals surface area contributed by atoms with Crippen molar-refractivity contribution in [3.8, 4) is 11.6 Å². The summed E-state index contributed by atoms with van der Waals surface area (Å²) in [6, 6.07) is 14.2. The Labute approximate surface area is 189 Å². The number of rotatable bonds is 7. The molecule has 158 valence electrons. The maximum Gasteiger partial charge on any atom is 0.233 e. The number of furan rings is 1. The Morgan fingerprint density at radius 3 is 2.63 bits per heavy atom. The van der Waals surface area contributed by atoms with Crippen LogP contribution in [0.1, 0.15) is 37.7 Å². The molecule has 0 N–H and O–H groups in total. The van der Waals surface area contributed by atoms with E-state index in [1.165, 1.54) is 31.0 Å². The second-order valence-electron chi connectivity index (χ2n) is 7.57. The van der Waals surface area contributed by atoms with Crippen molar-refractivity contribution in [2.45, 2.75) is 49.8 Å². The third-order valence-electron chi connectivity index (χ3n) is 5.53. The lowest BCUT2D eigenvalue weighted by atomic mass is 9.94. The summed E-state index contributed by atoms with van der Waals surface area (Å²) in [4.78, 5) is 14.7. The van der Waals surface area contributed by atoms with Crippen LogP contribution in [0.5, 0.6) is 0 Å². The number of hydrogen-bond acceptors (Lipinski definition) is 5. The lowest BCUT2D eigenvalue weighted by Gasteiger charge is -2.31. The van der Waals surface area contributed by atoms with E-state index in [0.717, 1.165) is 18.4 Å². The average Bonchev–Trinajstić information content (AvgIpc) is 3.38. The van der Waals surface area contributed by atoms with E-state index in [0.29, 0.717) is 39.8 Å². The minimum atomic E-state index is 0.142. The summed E-state index contributed by atoms with van der Waals surface area (Å²) in [5.74, 6) is 1.79. The molecule has 2 aromatic heterocycles. The van der Waals surface area contributed by atoms with E-state index < -0.39 is 0 Å². The summed E-state index contributed by atoms with van der Waals surface area (Å²) in [7, 11) is 1.93. The van der Waals surface area contributed by atoms with Gasteiger partial charge >= 0.3 is 0 Å². The van der Waals surface area contributed by atoms with Crippen LogP contribution in [-0.2, 0) is 11.3 Å². The van der Waals surface area contributed by atoms with E-state index in [1.54, 1.807) is 0 Å². The van der Waals surface area contributed by atoms with Crippen LogP contribution in [0, 0.1) is 0 Å². The van der Waals surface area contributed by atoms with Gasteiger partial charge in [-0.15, -0.1) is 10.2 Å². The molecule has 1 fully saturated rings. The molecular formula is C22H25BrN4O2S. The third-order valence-corrected chi connectivity index (χ3v) is 6.91. The van der Waals surface area contributed by atoms with Crippen molar-refractivity contribution in [3.05, 3.63) is 52.7 Å². The number of amides is 1. The molecule has 0 bridgehead atoms. The number of benzene rings is 1. The smallest absolute Gasteiger partial charge is 0.233 e. The Balaban J connectivity index is 1.52. The van der Waals surface area contributed by atoms with Crippen LogP contribution in [0.3, 0.4) is 0 Å². The van der Waals surface area contributed by atoms with E-state index in [4.69, 9.17) is 4.42 Å². The SMILES string of the molecule is CN(C(=O)CSc1nnc(-c2ccc(Br)o2)n1Cc1ccccc1)C1CCCCC1. The quantitative estimate of drug-likeness (QED) is 0.425. The van der Waals surface area contributed by atoms with Gasteiger partial charge in [0, 0.05) is 13.1 Å². The summed E-state index contributed by atoms with van der Waals surface area (Å²) >= 11 is 4.79. The zero-order valence-corrected chi connectivity index (χ0v) is 19.4. The fourth-order valence-electron chi connectivity index (χ4n) is 3.82. The highest BCUT2D eigenvalue weighted by Gasteiger charge is 2.23. The summed E-state index contributed by atoms with van der Waals surface area (Å²) in [5.41, 5.74) is 1.14. The predicted molar refractivity (Wildman–Crippen MR) is 121 cm³/mol. The minimum Gasteiger partial charge on any atom is -0.446 e. The zero-order chi connectivity index (χ0) is 20.9. The number of nitrogens with zero attached hydrogens (tertiary/aromatic N) is 4. The fourth-order valence-corrected chi connectivity index (χ4v) is 4.99. The molecule has 3 aromatic rings. The topological polar surface area (TPSA) is 64.2 Å². The fraction of sp³-hybridized carbons (Fsp3) is 0.409. The molecule has 0 spiro atoms. The predicted octanol–water partition coefficient (Wildman–Crippen LogP) is 5.23. The van der Waals surface area contributed by atoms with Gasteiger partial charge in [-0.1, -0.05) is 61.4 Å². The molecule has 4 rings (SSSR count). The highest BCUT2D eigenvalue weighted by atomic mass is 79.9. The monoisotopic (exact) mass is 488 g/mol. The molecule has 8 heteroatoms. The summed E-state index contributed by atoms with van der Waals surface area (Å²) < 4.78 is 8.37. The molecule has 0 radical (unpaired) electrons. The van der Waals surface area contributed by atoms with Crippen LogP contribution in [0.2, 0.25) is 0 Å². The maximum atomic E-state index is 12.8. The van der Waals surface area contributed by atoms with Crippen molar-refractivity contribution in [1.82, 2.24) is 19.7 Å². The summed E-state index contributed by atoms with van der Waals surface area (Å²) in [6.07, 6.45) is 5.91. The van der Waals surface area contributed by atoms with Gasteiger partial charge in [-0.3, -0.25) is 9.36 Å². The Morgan fingerprint density at radius 2 is 1.93 bits per heavy atom. The molecule has 0 atom stereocenters. The molecule has 1 aliphatic rings. The number of carbonyl (C=O) groups is 1.